The summed E-state index contributed by atoms with van der Waals surface area (Å²) in [4.78, 5) is 12.6. The van der Waals surface area contributed by atoms with Crippen LogP contribution in [0.3, 0.4) is 0 Å². The Hall–Kier alpha value is -1.02. The lowest BCUT2D eigenvalue weighted by Gasteiger charge is -2.26. The minimum Gasteiger partial charge on any atom is -0.393 e. The van der Waals surface area contributed by atoms with Crippen molar-refractivity contribution in [2.24, 2.45) is 0 Å². The number of carbonyl (C=O) groups is 1. The molecule has 0 spiro atoms. The molecule has 0 bridgehead atoms. The van der Waals surface area contributed by atoms with Crippen molar-refractivity contribution in [1.29, 1.82) is 0 Å². The smallest absolute Gasteiger partial charge is 0.393 e. The van der Waals surface area contributed by atoms with Crippen LogP contribution in [-0.4, -0.2) is 61.0 Å². The van der Waals surface area contributed by atoms with E-state index in [1.54, 1.807) is 0 Å². The highest BCUT2D eigenvalue weighted by molar-refractivity contribution is 5.74. The van der Waals surface area contributed by atoms with Gasteiger partial charge in [0.15, 0.2) is 0 Å². The van der Waals surface area contributed by atoms with Crippen LogP contribution in [0.4, 0.5) is 18.0 Å². The number of aliphatic hydroxyl groups excluding tert-OH is 1. The third-order valence-electron chi connectivity index (χ3n) is 3.26. The molecule has 0 saturated heterocycles. The van der Waals surface area contributed by atoms with E-state index in [4.69, 9.17) is 0 Å². The summed E-state index contributed by atoms with van der Waals surface area (Å²) in [6, 6.07) is -0.335. The second-order valence-corrected chi connectivity index (χ2v) is 5.26. The minimum atomic E-state index is -4.22. The fourth-order valence-corrected chi connectivity index (χ4v) is 2.20. The normalized spacial score (nSPS) is 23.7. The average molecular weight is 297 g/mol. The predicted octanol–water partition coefficient (Wildman–Crippen LogP) is 1.08. The van der Waals surface area contributed by atoms with E-state index in [2.05, 4.69) is 10.6 Å². The molecule has 0 aromatic heterocycles. The third-order valence-corrected chi connectivity index (χ3v) is 3.26. The lowest BCUT2D eigenvalue weighted by atomic mass is 9.93. The molecular weight excluding hydrogens is 275 g/mol. The van der Waals surface area contributed by atoms with Gasteiger partial charge in [-0.15, -0.1) is 0 Å². The van der Waals surface area contributed by atoms with Crippen molar-refractivity contribution in [2.75, 3.05) is 26.7 Å². The number of alkyl halides is 3. The van der Waals surface area contributed by atoms with E-state index in [1.807, 2.05) is 0 Å². The number of rotatable bonds is 5. The van der Waals surface area contributed by atoms with Gasteiger partial charge in [0.25, 0.3) is 0 Å². The largest absolute Gasteiger partial charge is 0.401 e. The van der Waals surface area contributed by atoms with Crippen molar-refractivity contribution in [2.45, 2.75) is 44.0 Å². The summed E-state index contributed by atoms with van der Waals surface area (Å²) >= 11 is 0. The van der Waals surface area contributed by atoms with Gasteiger partial charge in [-0.25, -0.2) is 4.79 Å². The maximum Gasteiger partial charge on any atom is 0.401 e. The summed E-state index contributed by atoms with van der Waals surface area (Å²) in [5, 5.41) is 14.6. The van der Waals surface area contributed by atoms with Gasteiger partial charge in [0, 0.05) is 19.1 Å². The number of hydrogen-bond donors (Lipinski definition) is 3. The Bertz CT molecular complexity index is 305. The summed E-state index contributed by atoms with van der Waals surface area (Å²) in [5.41, 5.74) is 0. The molecule has 8 heteroatoms. The van der Waals surface area contributed by atoms with Gasteiger partial charge in [0.2, 0.25) is 0 Å². The molecular formula is C12H22F3N3O2. The van der Waals surface area contributed by atoms with Crippen LogP contribution in [0.15, 0.2) is 0 Å². The minimum absolute atomic E-state index is 0.0336. The standard InChI is InChI=1S/C12H22F3N3O2/c1-18(8-12(13,14)15)7-6-16-11(20)17-9-2-4-10(19)5-3-9/h9-10,19H,2-8H2,1H3,(H2,16,17,20). The van der Waals surface area contributed by atoms with Crippen LogP contribution < -0.4 is 10.6 Å². The predicted molar refractivity (Wildman–Crippen MR) is 68.3 cm³/mol. The first kappa shape index (κ1) is 17.0. The van der Waals surface area contributed by atoms with Crippen LogP contribution in [-0.2, 0) is 0 Å². The quantitative estimate of drug-likeness (QED) is 0.711. The van der Waals surface area contributed by atoms with Crippen LogP contribution in [0.25, 0.3) is 0 Å². The number of nitrogens with zero attached hydrogens (tertiary/aromatic N) is 1. The first-order valence-electron chi connectivity index (χ1n) is 6.74. The lowest BCUT2D eigenvalue weighted by molar-refractivity contribution is -0.142. The van der Waals surface area contributed by atoms with Crippen LogP contribution >= 0.6 is 0 Å². The molecule has 1 rings (SSSR count). The van der Waals surface area contributed by atoms with Gasteiger partial charge in [-0.3, -0.25) is 4.90 Å². The summed E-state index contributed by atoms with van der Waals surface area (Å²) < 4.78 is 36.2. The van der Waals surface area contributed by atoms with E-state index in [9.17, 15) is 23.1 Å². The van der Waals surface area contributed by atoms with Crippen molar-refractivity contribution in [3.05, 3.63) is 0 Å². The molecule has 1 fully saturated rings. The first-order valence-corrected chi connectivity index (χ1v) is 6.74. The maximum absolute atomic E-state index is 12.1. The first-order chi connectivity index (χ1) is 9.26. The number of carbonyl (C=O) groups excluding carboxylic acids is 1. The SMILES string of the molecule is CN(CCNC(=O)NC1CCC(O)CC1)CC(F)(F)F. The van der Waals surface area contributed by atoms with E-state index in [-0.39, 0.29) is 31.3 Å². The van der Waals surface area contributed by atoms with E-state index >= 15 is 0 Å². The molecule has 0 atom stereocenters. The van der Waals surface area contributed by atoms with Crippen molar-refractivity contribution >= 4 is 6.03 Å². The monoisotopic (exact) mass is 297 g/mol. The number of aliphatic hydroxyl groups is 1. The molecule has 1 saturated carbocycles. The molecule has 1 aliphatic rings. The molecule has 1 aliphatic carbocycles. The van der Waals surface area contributed by atoms with Crippen LogP contribution in [0.2, 0.25) is 0 Å². The molecule has 20 heavy (non-hydrogen) atoms. The van der Waals surface area contributed by atoms with Gasteiger partial charge in [0.05, 0.1) is 12.6 Å². The molecule has 2 amide bonds. The topological polar surface area (TPSA) is 64.6 Å². The van der Waals surface area contributed by atoms with Gasteiger partial charge in [-0.05, 0) is 32.7 Å². The maximum atomic E-state index is 12.1. The van der Waals surface area contributed by atoms with Crippen molar-refractivity contribution in [1.82, 2.24) is 15.5 Å². The molecule has 0 aromatic rings. The average Bonchev–Trinajstić information content (AvgIpc) is 2.29. The van der Waals surface area contributed by atoms with E-state index in [0.717, 1.165) is 17.7 Å². The van der Waals surface area contributed by atoms with Crippen molar-refractivity contribution < 1.29 is 23.1 Å². The van der Waals surface area contributed by atoms with Crippen LogP contribution in [0.5, 0.6) is 0 Å². The van der Waals surface area contributed by atoms with E-state index in [1.165, 1.54) is 7.05 Å². The fourth-order valence-electron chi connectivity index (χ4n) is 2.20. The Morgan fingerprint density at radius 2 is 1.90 bits per heavy atom. The number of nitrogens with one attached hydrogen (secondary N) is 2. The molecule has 0 aromatic carbocycles. The third kappa shape index (κ3) is 7.54. The molecule has 0 aliphatic heterocycles. The highest BCUT2D eigenvalue weighted by atomic mass is 19.4. The Morgan fingerprint density at radius 3 is 2.45 bits per heavy atom. The fraction of sp³-hybridized carbons (Fsp3) is 0.917. The van der Waals surface area contributed by atoms with Crippen LogP contribution in [0, 0.1) is 0 Å². The Balaban J connectivity index is 2.11. The zero-order valence-corrected chi connectivity index (χ0v) is 11.5. The van der Waals surface area contributed by atoms with Gasteiger partial charge in [-0.2, -0.15) is 13.2 Å². The number of urea groups is 1. The van der Waals surface area contributed by atoms with Crippen LogP contribution in [0.1, 0.15) is 25.7 Å². The number of amides is 2. The number of likely N-dealkylation sites (N-methyl/N-ethyl adjacent to an activating group) is 1. The zero-order chi connectivity index (χ0) is 15.2. The Kier molecular flexibility index (Phi) is 6.54. The lowest BCUT2D eigenvalue weighted by Crippen LogP contribution is -2.46. The molecule has 118 valence electrons. The summed E-state index contributed by atoms with van der Waals surface area (Å²) in [6.45, 7) is -0.694. The second kappa shape index (κ2) is 7.68. The number of hydrogen-bond acceptors (Lipinski definition) is 3. The van der Waals surface area contributed by atoms with Crippen molar-refractivity contribution in [3.63, 3.8) is 0 Å². The van der Waals surface area contributed by atoms with E-state index < -0.39 is 12.7 Å². The van der Waals surface area contributed by atoms with Gasteiger partial charge in [-0.1, -0.05) is 0 Å². The second-order valence-electron chi connectivity index (χ2n) is 5.26. The summed E-state index contributed by atoms with van der Waals surface area (Å²) in [5.74, 6) is 0. The Labute approximate surface area is 116 Å². The van der Waals surface area contributed by atoms with E-state index in [0.29, 0.717) is 12.8 Å². The van der Waals surface area contributed by atoms with Gasteiger partial charge < -0.3 is 15.7 Å². The molecule has 0 heterocycles. The van der Waals surface area contributed by atoms with Gasteiger partial charge in [0.1, 0.15) is 0 Å². The molecule has 3 N–H and O–H groups in total. The highest BCUT2D eigenvalue weighted by Crippen LogP contribution is 2.18. The summed E-state index contributed by atoms with van der Waals surface area (Å²) in [6.07, 6.45) is -1.73. The molecule has 0 unspecified atom stereocenters. The Morgan fingerprint density at radius 1 is 1.30 bits per heavy atom. The highest BCUT2D eigenvalue weighted by Gasteiger charge is 2.28. The van der Waals surface area contributed by atoms with Crippen molar-refractivity contribution in [3.8, 4) is 0 Å². The molecule has 5 nitrogen and oxygen atoms in total. The number of halogens is 3. The zero-order valence-electron chi connectivity index (χ0n) is 11.5. The van der Waals surface area contributed by atoms with Gasteiger partial charge >= 0.3 is 12.2 Å². The molecule has 0 radical (unpaired) electrons. The summed E-state index contributed by atoms with van der Waals surface area (Å²) in [7, 11) is 1.36.